The average Bonchev–Trinajstić information content (AvgIpc) is 3.14. The number of nitrogens with one attached hydrogen (secondary N) is 1. The Morgan fingerprint density at radius 1 is 1.27 bits per heavy atom. The highest BCUT2D eigenvalue weighted by Crippen LogP contribution is 2.39. The van der Waals surface area contributed by atoms with Gasteiger partial charge in [-0.05, 0) is 45.4 Å². The topological polar surface area (TPSA) is 72.2 Å². The minimum atomic E-state index is -0.469. The molecule has 1 unspecified atom stereocenters. The van der Waals surface area contributed by atoms with Crippen molar-refractivity contribution in [3.05, 3.63) is 62.5 Å². The minimum Gasteiger partial charge on any atom is -0.345 e. The molecule has 0 saturated carbocycles. The largest absolute Gasteiger partial charge is 0.345 e. The van der Waals surface area contributed by atoms with E-state index in [-0.39, 0.29) is 17.7 Å². The normalized spacial score (nSPS) is 16.3. The molecule has 0 radical (unpaired) electrons. The molecule has 2 aromatic heterocycles. The number of hydrogen-bond donors (Lipinski definition) is 2. The van der Waals surface area contributed by atoms with Gasteiger partial charge in [0.1, 0.15) is 16.9 Å². The summed E-state index contributed by atoms with van der Waals surface area (Å²) >= 11 is 12.1. The summed E-state index contributed by atoms with van der Waals surface area (Å²) in [5, 5.41) is 13.0. The van der Waals surface area contributed by atoms with Crippen molar-refractivity contribution in [3.63, 3.8) is 0 Å². The van der Waals surface area contributed by atoms with Crippen LogP contribution >= 0.6 is 35.6 Å². The lowest BCUT2D eigenvalue weighted by Crippen LogP contribution is -2.30. The van der Waals surface area contributed by atoms with Crippen molar-refractivity contribution in [1.82, 2.24) is 20.1 Å². The summed E-state index contributed by atoms with van der Waals surface area (Å²) in [5.74, 6) is 1.31. The van der Waals surface area contributed by atoms with Gasteiger partial charge in [0.25, 0.3) is 0 Å². The number of nitrogens with zero attached hydrogens (tertiary/aromatic N) is 4. The van der Waals surface area contributed by atoms with E-state index in [1.54, 1.807) is 11.3 Å². The number of hydrogen-bond acceptors (Lipinski definition) is 6. The molecular weight excluding hydrogens is 438 g/mol. The van der Waals surface area contributed by atoms with Crippen LogP contribution in [0.2, 0.25) is 5.02 Å². The van der Waals surface area contributed by atoms with E-state index in [9.17, 15) is 4.79 Å². The fraction of sp³-hybridized carbons (Fsp3) is 0.333. The van der Waals surface area contributed by atoms with Crippen LogP contribution in [0.1, 0.15) is 52.6 Å². The highest BCUT2D eigenvalue weighted by atomic mass is 35.5. The van der Waals surface area contributed by atoms with E-state index in [0.29, 0.717) is 10.8 Å². The Hall–Kier alpha value is -2.16. The van der Waals surface area contributed by atoms with Crippen molar-refractivity contribution >= 4 is 47.2 Å². The predicted octanol–water partition coefficient (Wildman–Crippen LogP) is 4.58. The molecule has 0 aliphatic carbocycles. The second-order valence-corrected chi connectivity index (χ2v) is 9.77. The minimum absolute atomic E-state index is 0.132. The summed E-state index contributed by atoms with van der Waals surface area (Å²) in [5.41, 5.74) is 4.00. The third-order valence-electron chi connectivity index (χ3n) is 5.11. The van der Waals surface area contributed by atoms with Crippen LogP contribution in [0.4, 0.5) is 0 Å². The number of benzene rings is 1. The zero-order valence-electron chi connectivity index (χ0n) is 17.1. The molecular formula is C21H22ClN5OS2. The highest BCUT2D eigenvalue weighted by Gasteiger charge is 2.32. The Kier molecular flexibility index (Phi) is 5.74. The van der Waals surface area contributed by atoms with Crippen molar-refractivity contribution in [2.24, 2.45) is 4.99 Å². The third-order valence-corrected chi connectivity index (χ3v) is 6.68. The Bertz CT molecular complexity index is 1150. The molecule has 9 heteroatoms. The van der Waals surface area contributed by atoms with Crippen LogP contribution in [0.15, 0.2) is 29.3 Å². The summed E-state index contributed by atoms with van der Waals surface area (Å²) in [7, 11) is 0. The lowest BCUT2D eigenvalue weighted by molar-refractivity contribution is -0.121. The highest BCUT2D eigenvalue weighted by molar-refractivity contribution is 7.80. The summed E-state index contributed by atoms with van der Waals surface area (Å²) in [4.78, 5) is 18.8. The fourth-order valence-corrected chi connectivity index (χ4v) is 5.08. The van der Waals surface area contributed by atoms with E-state index in [1.165, 1.54) is 4.88 Å². The molecule has 1 aliphatic heterocycles. The third kappa shape index (κ3) is 3.79. The van der Waals surface area contributed by atoms with E-state index >= 15 is 0 Å². The van der Waals surface area contributed by atoms with Crippen molar-refractivity contribution in [2.45, 2.75) is 45.5 Å². The van der Waals surface area contributed by atoms with Gasteiger partial charge >= 0.3 is 0 Å². The standard InChI is InChI=1S/C21H22ClN5OS2/c1-10-11(2)30-21-18(10)19(14-5-7-15(22)8-6-14)24-16(9-17(28)23-13(4)29)20-26-25-12(3)27(20)21/h5-8,13,16,29H,9H2,1-4H3,(H,23,28)/t13?,16-/m1/s1. The van der Waals surface area contributed by atoms with Crippen LogP contribution in [0.25, 0.3) is 5.00 Å². The van der Waals surface area contributed by atoms with Crippen LogP contribution in [0, 0.1) is 20.8 Å². The van der Waals surface area contributed by atoms with Crippen LogP contribution < -0.4 is 5.32 Å². The molecule has 4 rings (SSSR count). The van der Waals surface area contributed by atoms with Crippen LogP contribution in [0.3, 0.4) is 0 Å². The maximum absolute atomic E-state index is 12.6. The first-order chi connectivity index (χ1) is 14.3. The molecule has 0 spiro atoms. The van der Waals surface area contributed by atoms with E-state index in [1.807, 2.05) is 42.7 Å². The SMILES string of the molecule is Cc1sc2c(c1C)C(c1ccc(Cl)cc1)=N[C@H](CC(=O)NC(C)S)c1nnc(C)n1-2. The second-order valence-electron chi connectivity index (χ2n) is 7.35. The summed E-state index contributed by atoms with van der Waals surface area (Å²) in [6, 6.07) is 7.17. The maximum atomic E-state index is 12.6. The van der Waals surface area contributed by atoms with Gasteiger partial charge in [-0.15, -0.1) is 21.5 Å². The number of fused-ring (bicyclic) bond motifs is 3. The first kappa shape index (κ1) is 21.1. The van der Waals surface area contributed by atoms with E-state index in [0.717, 1.165) is 33.2 Å². The molecule has 30 heavy (non-hydrogen) atoms. The Morgan fingerprint density at radius 3 is 2.63 bits per heavy atom. The molecule has 1 aliphatic rings. The molecule has 1 N–H and O–H groups in total. The van der Waals surface area contributed by atoms with Gasteiger partial charge in [0, 0.05) is 21.0 Å². The zero-order chi connectivity index (χ0) is 21.6. The van der Waals surface area contributed by atoms with Crippen molar-refractivity contribution in [1.29, 1.82) is 0 Å². The Labute approximate surface area is 189 Å². The first-order valence-corrected chi connectivity index (χ1v) is 11.3. The lowest BCUT2D eigenvalue weighted by atomic mass is 9.99. The average molecular weight is 460 g/mol. The van der Waals surface area contributed by atoms with Gasteiger partial charge in [0.2, 0.25) is 5.91 Å². The van der Waals surface area contributed by atoms with Crippen LogP contribution in [-0.2, 0) is 4.79 Å². The van der Waals surface area contributed by atoms with Crippen molar-refractivity contribution in [2.75, 3.05) is 0 Å². The Balaban J connectivity index is 1.93. The maximum Gasteiger partial charge on any atom is 0.223 e. The molecule has 1 amide bonds. The van der Waals surface area contributed by atoms with Crippen molar-refractivity contribution in [3.8, 4) is 5.00 Å². The number of halogens is 1. The van der Waals surface area contributed by atoms with Crippen LogP contribution in [-0.4, -0.2) is 31.8 Å². The smallest absolute Gasteiger partial charge is 0.223 e. The first-order valence-electron chi connectivity index (χ1n) is 9.60. The Morgan fingerprint density at radius 2 is 1.97 bits per heavy atom. The number of aryl methyl sites for hydroxylation is 2. The van der Waals surface area contributed by atoms with Gasteiger partial charge in [0.05, 0.1) is 17.5 Å². The van der Waals surface area contributed by atoms with E-state index in [2.05, 4.69) is 42.0 Å². The van der Waals surface area contributed by atoms with E-state index < -0.39 is 6.04 Å². The molecule has 0 bridgehead atoms. The monoisotopic (exact) mass is 459 g/mol. The number of aliphatic imine (C=N–C) groups is 1. The molecule has 3 heterocycles. The number of thiophene rings is 1. The molecule has 156 valence electrons. The molecule has 0 fully saturated rings. The zero-order valence-corrected chi connectivity index (χ0v) is 19.6. The molecule has 3 aromatic rings. The number of rotatable bonds is 4. The summed E-state index contributed by atoms with van der Waals surface area (Å²) < 4.78 is 2.04. The van der Waals surface area contributed by atoms with Crippen LogP contribution in [0.5, 0.6) is 0 Å². The van der Waals surface area contributed by atoms with Gasteiger partial charge < -0.3 is 5.32 Å². The summed E-state index contributed by atoms with van der Waals surface area (Å²) in [6.07, 6.45) is 0.160. The van der Waals surface area contributed by atoms with Gasteiger partial charge in [-0.3, -0.25) is 14.4 Å². The molecule has 1 aromatic carbocycles. The number of aromatic nitrogens is 3. The quantitative estimate of drug-likeness (QED) is 0.443. The van der Waals surface area contributed by atoms with Crippen molar-refractivity contribution < 1.29 is 4.79 Å². The molecule has 0 saturated heterocycles. The number of carbonyl (C=O) groups is 1. The van der Waals surface area contributed by atoms with Gasteiger partial charge in [-0.25, -0.2) is 0 Å². The number of thiol groups is 1. The predicted molar refractivity (Wildman–Crippen MR) is 124 cm³/mol. The number of carbonyl (C=O) groups excluding carboxylic acids is 1. The van der Waals surface area contributed by atoms with E-state index in [4.69, 9.17) is 16.6 Å². The number of amides is 1. The second kappa shape index (κ2) is 8.17. The lowest BCUT2D eigenvalue weighted by Gasteiger charge is -2.14. The summed E-state index contributed by atoms with van der Waals surface area (Å²) in [6.45, 7) is 7.94. The van der Waals surface area contributed by atoms with Gasteiger partial charge in [-0.1, -0.05) is 23.7 Å². The van der Waals surface area contributed by atoms with Gasteiger partial charge in [-0.2, -0.15) is 12.6 Å². The van der Waals surface area contributed by atoms with Gasteiger partial charge in [0.15, 0.2) is 5.82 Å². The molecule has 6 nitrogen and oxygen atoms in total. The fourth-order valence-electron chi connectivity index (χ4n) is 3.60. The molecule has 2 atom stereocenters.